The molecule has 6 nitrogen and oxygen atoms in total. The minimum Gasteiger partial charge on any atom is -0.493 e. The fraction of sp³-hybridized carbons (Fsp3) is 0.154. The molecule has 0 amide bonds. The van der Waals surface area contributed by atoms with Gasteiger partial charge in [0, 0.05) is 28.9 Å². The first-order chi connectivity index (χ1) is 16.2. The lowest BCUT2D eigenvalue weighted by atomic mass is 10.0. The average Bonchev–Trinajstić information content (AvgIpc) is 3.59. The van der Waals surface area contributed by atoms with Gasteiger partial charge in [0.25, 0.3) is 5.89 Å². The van der Waals surface area contributed by atoms with Crippen molar-refractivity contribution >= 4 is 11.3 Å². The minimum atomic E-state index is 0.477. The summed E-state index contributed by atoms with van der Waals surface area (Å²) in [6.45, 7) is 4.60. The smallest absolute Gasteiger partial charge is 0.270 e. The van der Waals surface area contributed by atoms with Crippen LogP contribution in [0.5, 0.6) is 11.5 Å². The molecule has 33 heavy (non-hydrogen) atoms. The van der Waals surface area contributed by atoms with Gasteiger partial charge in [-0.15, -0.1) is 11.3 Å². The molecule has 0 aliphatic carbocycles. The standard InChI is InChI=1S/C26H23N3O3S/c1-4-31-21-11-10-19(15-22(21)30-3)25-27-26(32-28-25)24-23(29-12-5-6-13-29)20(16-33-24)18-9-7-8-17(2)14-18/h5-16H,4H2,1-3H3. The number of aryl methyl sites for hydroxylation is 1. The first-order valence-corrected chi connectivity index (χ1v) is 11.5. The zero-order valence-corrected chi connectivity index (χ0v) is 19.4. The summed E-state index contributed by atoms with van der Waals surface area (Å²) in [4.78, 5) is 5.64. The largest absolute Gasteiger partial charge is 0.493 e. The molecule has 0 saturated carbocycles. The maximum absolute atomic E-state index is 5.73. The fourth-order valence-corrected chi connectivity index (χ4v) is 4.77. The quantitative estimate of drug-likeness (QED) is 0.274. The van der Waals surface area contributed by atoms with Crippen LogP contribution in [0.1, 0.15) is 12.5 Å². The van der Waals surface area contributed by atoms with Crippen LogP contribution in [0.25, 0.3) is 39.0 Å². The molecule has 166 valence electrons. The number of aromatic nitrogens is 3. The summed E-state index contributed by atoms with van der Waals surface area (Å²) in [5.74, 6) is 2.29. The molecule has 3 heterocycles. The molecule has 0 bridgehead atoms. The Bertz CT molecular complexity index is 1390. The van der Waals surface area contributed by atoms with E-state index in [0.717, 1.165) is 27.3 Å². The van der Waals surface area contributed by atoms with Gasteiger partial charge in [0.2, 0.25) is 5.82 Å². The summed E-state index contributed by atoms with van der Waals surface area (Å²) in [6, 6.07) is 18.1. The Hall–Kier alpha value is -3.84. The van der Waals surface area contributed by atoms with Crippen molar-refractivity contribution in [1.29, 1.82) is 0 Å². The summed E-state index contributed by atoms with van der Waals surface area (Å²) < 4.78 is 18.9. The molecule has 0 saturated heterocycles. The summed E-state index contributed by atoms with van der Waals surface area (Å²) in [5.41, 5.74) is 5.30. The molecule has 0 aliphatic rings. The van der Waals surface area contributed by atoms with Gasteiger partial charge in [0.05, 0.1) is 19.4 Å². The predicted octanol–water partition coefficient (Wildman–Crippen LogP) is 6.64. The van der Waals surface area contributed by atoms with Crippen LogP contribution in [-0.2, 0) is 0 Å². The van der Waals surface area contributed by atoms with Gasteiger partial charge in [0.15, 0.2) is 11.5 Å². The summed E-state index contributed by atoms with van der Waals surface area (Å²) in [7, 11) is 1.62. The maximum Gasteiger partial charge on any atom is 0.270 e. The van der Waals surface area contributed by atoms with E-state index in [-0.39, 0.29) is 0 Å². The second-order valence-electron chi connectivity index (χ2n) is 7.51. The molecule has 2 aromatic carbocycles. The van der Waals surface area contributed by atoms with Gasteiger partial charge in [-0.3, -0.25) is 0 Å². The lowest BCUT2D eigenvalue weighted by Crippen LogP contribution is -1.95. The number of methoxy groups -OCH3 is 1. The Morgan fingerprint density at radius 3 is 2.61 bits per heavy atom. The molecule has 5 rings (SSSR count). The van der Waals surface area contributed by atoms with Crippen molar-refractivity contribution in [1.82, 2.24) is 14.7 Å². The molecule has 0 aliphatic heterocycles. The third-order valence-electron chi connectivity index (χ3n) is 5.30. The van der Waals surface area contributed by atoms with Gasteiger partial charge < -0.3 is 18.6 Å². The van der Waals surface area contributed by atoms with E-state index in [9.17, 15) is 0 Å². The van der Waals surface area contributed by atoms with Crippen LogP contribution in [0.3, 0.4) is 0 Å². The molecular weight excluding hydrogens is 434 g/mol. The lowest BCUT2D eigenvalue weighted by Gasteiger charge is -2.09. The number of rotatable bonds is 7. The van der Waals surface area contributed by atoms with E-state index in [4.69, 9.17) is 19.0 Å². The van der Waals surface area contributed by atoms with Crippen LogP contribution in [0, 0.1) is 6.92 Å². The van der Waals surface area contributed by atoms with Crippen LogP contribution in [-0.4, -0.2) is 28.4 Å². The molecule has 7 heteroatoms. The molecule has 0 N–H and O–H groups in total. The van der Waals surface area contributed by atoms with Crippen molar-refractivity contribution in [3.8, 4) is 50.5 Å². The van der Waals surface area contributed by atoms with Crippen molar-refractivity contribution in [2.75, 3.05) is 13.7 Å². The van der Waals surface area contributed by atoms with E-state index in [1.165, 1.54) is 5.56 Å². The van der Waals surface area contributed by atoms with E-state index in [1.807, 2.05) is 49.6 Å². The normalized spacial score (nSPS) is 11.0. The molecule has 0 unspecified atom stereocenters. The molecule has 0 spiro atoms. The predicted molar refractivity (Wildman–Crippen MR) is 130 cm³/mol. The van der Waals surface area contributed by atoms with Gasteiger partial charge in [-0.1, -0.05) is 35.0 Å². The second-order valence-corrected chi connectivity index (χ2v) is 8.39. The van der Waals surface area contributed by atoms with E-state index in [0.29, 0.717) is 29.8 Å². The molecule has 0 atom stereocenters. The average molecular weight is 458 g/mol. The lowest BCUT2D eigenvalue weighted by molar-refractivity contribution is 0.311. The summed E-state index contributed by atoms with van der Waals surface area (Å²) >= 11 is 1.59. The van der Waals surface area contributed by atoms with Crippen molar-refractivity contribution in [2.24, 2.45) is 0 Å². The molecule has 0 fully saturated rings. The van der Waals surface area contributed by atoms with E-state index >= 15 is 0 Å². The Kier molecular flexibility index (Phi) is 5.71. The third-order valence-corrected chi connectivity index (χ3v) is 6.26. The Balaban J connectivity index is 1.58. The minimum absolute atomic E-state index is 0.477. The number of hydrogen-bond acceptors (Lipinski definition) is 6. The zero-order valence-electron chi connectivity index (χ0n) is 18.6. The van der Waals surface area contributed by atoms with Crippen molar-refractivity contribution in [3.05, 3.63) is 77.9 Å². The van der Waals surface area contributed by atoms with Crippen LogP contribution in [0.2, 0.25) is 0 Å². The van der Waals surface area contributed by atoms with Gasteiger partial charge in [-0.05, 0) is 49.7 Å². The van der Waals surface area contributed by atoms with Gasteiger partial charge in [-0.2, -0.15) is 4.98 Å². The van der Waals surface area contributed by atoms with E-state index in [1.54, 1.807) is 18.4 Å². The number of nitrogens with zero attached hydrogens (tertiary/aromatic N) is 3. The SMILES string of the molecule is CCOc1ccc(-c2noc(-c3scc(-c4cccc(C)c4)c3-n3cccc3)n2)cc1OC. The fourth-order valence-electron chi connectivity index (χ4n) is 3.78. The van der Waals surface area contributed by atoms with Crippen molar-refractivity contribution in [2.45, 2.75) is 13.8 Å². The van der Waals surface area contributed by atoms with Gasteiger partial charge in [-0.25, -0.2) is 0 Å². The molecule has 3 aromatic heterocycles. The number of hydrogen-bond donors (Lipinski definition) is 0. The highest BCUT2D eigenvalue weighted by atomic mass is 32.1. The maximum atomic E-state index is 5.73. The topological polar surface area (TPSA) is 62.3 Å². The van der Waals surface area contributed by atoms with E-state index < -0.39 is 0 Å². The first-order valence-electron chi connectivity index (χ1n) is 10.6. The highest BCUT2D eigenvalue weighted by Crippen LogP contribution is 2.41. The molecule has 5 aromatic rings. The number of ether oxygens (including phenoxy) is 2. The van der Waals surface area contributed by atoms with E-state index in [2.05, 4.69) is 46.3 Å². The third kappa shape index (κ3) is 4.03. The Morgan fingerprint density at radius 2 is 1.85 bits per heavy atom. The van der Waals surface area contributed by atoms with Crippen LogP contribution < -0.4 is 9.47 Å². The highest BCUT2D eigenvalue weighted by Gasteiger charge is 2.22. The Labute approximate surface area is 196 Å². The summed E-state index contributed by atoms with van der Waals surface area (Å²) in [5, 5.41) is 6.39. The first kappa shape index (κ1) is 21.0. The second kappa shape index (κ2) is 8.96. The Morgan fingerprint density at radius 1 is 1.00 bits per heavy atom. The van der Waals surface area contributed by atoms with Crippen LogP contribution in [0.4, 0.5) is 0 Å². The van der Waals surface area contributed by atoms with Crippen LogP contribution >= 0.6 is 11.3 Å². The molecular formula is C26H23N3O3S. The highest BCUT2D eigenvalue weighted by molar-refractivity contribution is 7.14. The molecule has 0 radical (unpaired) electrons. The monoisotopic (exact) mass is 457 g/mol. The zero-order chi connectivity index (χ0) is 22.8. The van der Waals surface area contributed by atoms with Crippen molar-refractivity contribution < 1.29 is 14.0 Å². The van der Waals surface area contributed by atoms with Crippen LogP contribution in [0.15, 0.2) is 76.9 Å². The number of thiophene rings is 1. The summed E-state index contributed by atoms with van der Waals surface area (Å²) in [6.07, 6.45) is 4.05. The number of benzene rings is 2. The van der Waals surface area contributed by atoms with Gasteiger partial charge >= 0.3 is 0 Å². The van der Waals surface area contributed by atoms with Crippen molar-refractivity contribution in [3.63, 3.8) is 0 Å². The van der Waals surface area contributed by atoms with Gasteiger partial charge in [0.1, 0.15) is 4.88 Å².